The number of aryl methyl sites for hydroxylation is 2. The number of Topliss-reactive ketones (excluding diaryl/α,β-unsaturated/α-hetero) is 1. The van der Waals surface area contributed by atoms with Gasteiger partial charge < -0.3 is 5.11 Å². The van der Waals surface area contributed by atoms with E-state index in [1.165, 1.54) is 34.4 Å². The van der Waals surface area contributed by atoms with E-state index >= 15 is 0 Å². The van der Waals surface area contributed by atoms with Gasteiger partial charge in [0.2, 0.25) is 5.78 Å². The highest BCUT2D eigenvalue weighted by atomic mass is 35.5. The Bertz CT molecular complexity index is 1200. The lowest BCUT2D eigenvalue weighted by molar-refractivity contribution is -0.117. The third kappa shape index (κ3) is 3.40. The zero-order valence-corrected chi connectivity index (χ0v) is 17.6. The standard InChI is InChI=1S/C22H16ClFN2O3S/c1-11-21(30-12(2)25-11)19(27)17-18(13-6-8-14(23)9-7-13)26(22(29)20(17)28)16-5-3-4-15(24)10-16/h3-10,18,28H,1-2H3. The molecule has 1 atom stereocenters. The van der Waals surface area contributed by atoms with Crippen molar-refractivity contribution in [3.05, 3.63) is 91.8 Å². The Morgan fingerprint density at radius 1 is 1.20 bits per heavy atom. The molecule has 5 nitrogen and oxygen atoms in total. The molecule has 2 heterocycles. The Labute approximate surface area is 181 Å². The highest BCUT2D eigenvalue weighted by Gasteiger charge is 2.45. The summed E-state index contributed by atoms with van der Waals surface area (Å²) in [5, 5.41) is 11.9. The number of aliphatic hydroxyl groups excluding tert-OH is 1. The van der Waals surface area contributed by atoms with Crippen LogP contribution in [0.3, 0.4) is 0 Å². The molecule has 0 spiro atoms. The topological polar surface area (TPSA) is 70.5 Å². The molecule has 152 valence electrons. The van der Waals surface area contributed by atoms with Gasteiger partial charge in [-0.05, 0) is 49.7 Å². The fraction of sp³-hybridized carbons (Fsp3) is 0.136. The van der Waals surface area contributed by atoms with Crippen molar-refractivity contribution in [3.63, 3.8) is 0 Å². The molecule has 1 unspecified atom stereocenters. The molecule has 0 fully saturated rings. The fourth-order valence-corrected chi connectivity index (χ4v) is 4.55. The van der Waals surface area contributed by atoms with Crippen molar-refractivity contribution in [2.45, 2.75) is 19.9 Å². The van der Waals surface area contributed by atoms with Crippen LogP contribution in [0.1, 0.15) is 32.0 Å². The number of halogens is 2. The van der Waals surface area contributed by atoms with E-state index in [1.54, 1.807) is 44.2 Å². The molecule has 1 amide bonds. The fourth-order valence-electron chi connectivity index (χ4n) is 3.55. The largest absolute Gasteiger partial charge is 0.503 e. The summed E-state index contributed by atoms with van der Waals surface area (Å²) in [6.07, 6.45) is 0. The number of benzene rings is 2. The van der Waals surface area contributed by atoms with Crippen LogP contribution in [0.4, 0.5) is 10.1 Å². The highest BCUT2D eigenvalue weighted by Crippen LogP contribution is 2.43. The molecule has 0 saturated carbocycles. The van der Waals surface area contributed by atoms with E-state index in [4.69, 9.17) is 11.6 Å². The van der Waals surface area contributed by atoms with Crippen LogP contribution >= 0.6 is 22.9 Å². The zero-order valence-electron chi connectivity index (χ0n) is 16.0. The molecule has 0 saturated heterocycles. The number of nitrogens with zero attached hydrogens (tertiary/aromatic N) is 2. The summed E-state index contributed by atoms with van der Waals surface area (Å²) >= 11 is 7.20. The number of aliphatic hydroxyl groups is 1. The van der Waals surface area contributed by atoms with E-state index in [-0.39, 0.29) is 11.3 Å². The van der Waals surface area contributed by atoms with Crippen LogP contribution in [0.15, 0.2) is 59.9 Å². The molecular formula is C22H16ClFN2O3S. The number of ketones is 1. The van der Waals surface area contributed by atoms with Gasteiger partial charge in [-0.1, -0.05) is 29.8 Å². The van der Waals surface area contributed by atoms with Crippen molar-refractivity contribution in [2.75, 3.05) is 4.90 Å². The summed E-state index contributed by atoms with van der Waals surface area (Å²) in [4.78, 5) is 32.3. The smallest absolute Gasteiger partial charge is 0.294 e. The van der Waals surface area contributed by atoms with Crippen molar-refractivity contribution in [1.82, 2.24) is 4.98 Å². The van der Waals surface area contributed by atoms with Crippen LogP contribution in [0.25, 0.3) is 0 Å². The molecule has 1 aliphatic heterocycles. The highest BCUT2D eigenvalue weighted by molar-refractivity contribution is 7.14. The van der Waals surface area contributed by atoms with Gasteiger partial charge in [0.1, 0.15) is 5.82 Å². The first-order valence-corrected chi connectivity index (χ1v) is 10.2. The summed E-state index contributed by atoms with van der Waals surface area (Å²) < 4.78 is 13.9. The van der Waals surface area contributed by atoms with Crippen LogP contribution in [-0.4, -0.2) is 21.8 Å². The molecule has 0 aliphatic carbocycles. The van der Waals surface area contributed by atoms with Crippen LogP contribution in [-0.2, 0) is 4.79 Å². The molecule has 0 bridgehead atoms. The van der Waals surface area contributed by atoms with E-state index in [0.717, 1.165) is 0 Å². The molecule has 8 heteroatoms. The summed E-state index contributed by atoms with van der Waals surface area (Å²) in [7, 11) is 0. The van der Waals surface area contributed by atoms with Gasteiger partial charge >= 0.3 is 0 Å². The average Bonchev–Trinajstić information content (AvgIpc) is 3.18. The number of rotatable bonds is 4. The summed E-state index contributed by atoms with van der Waals surface area (Å²) in [5.41, 5.74) is 1.24. The number of carbonyl (C=O) groups is 2. The average molecular weight is 443 g/mol. The Morgan fingerprint density at radius 3 is 2.50 bits per heavy atom. The maximum atomic E-state index is 13.9. The van der Waals surface area contributed by atoms with E-state index in [0.29, 0.717) is 26.2 Å². The molecule has 4 rings (SSSR count). The monoisotopic (exact) mass is 442 g/mol. The van der Waals surface area contributed by atoms with Crippen LogP contribution in [0.2, 0.25) is 5.02 Å². The molecule has 1 N–H and O–H groups in total. The predicted octanol–water partition coefficient (Wildman–Crippen LogP) is 5.34. The number of hydrogen-bond acceptors (Lipinski definition) is 5. The van der Waals surface area contributed by atoms with Crippen molar-refractivity contribution in [1.29, 1.82) is 0 Å². The summed E-state index contributed by atoms with van der Waals surface area (Å²) in [6.45, 7) is 3.48. The second-order valence-corrected chi connectivity index (χ2v) is 8.49. The minimum atomic E-state index is -0.939. The van der Waals surface area contributed by atoms with Crippen molar-refractivity contribution in [3.8, 4) is 0 Å². The Balaban J connectivity index is 1.90. The zero-order chi connectivity index (χ0) is 21.6. The lowest BCUT2D eigenvalue weighted by Crippen LogP contribution is -2.31. The molecule has 1 aromatic heterocycles. The van der Waals surface area contributed by atoms with Gasteiger partial charge in [-0.2, -0.15) is 0 Å². The maximum Gasteiger partial charge on any atom is 0.294 e. The number of thiazole rings is 1. The number of amides is 1. The van der Waals surface area contributed by atoms with E-state index in [2.05, 4.69) is 4.98 Å². The lowest BCUT2D eigenvalue weighted by Gasteiger charge is -2.27. The van der Waals surface area contributed by atoms with Gasteiger partial charge in [-0.15, -0.1) is 11.3 Å². The molecular weight excluding hydrogens is 427 g/mol. The van der Waals surface area contributed by atoms with Crippen LogP contribution in [0, 0.1) is 19.7 Å². The maximum absolute atomic E-state index is 13.9. The van der Waals surface area contributed by atoms with Gasteiger partial charge in [0.25, 0.3) is 5.91 Å². The van der Waals surface area contributed by atoms with Crippen LogP contribution < -0.4 is 4.90 Å². The van der Waals surface area contributed by atoms with Crippen molar-refractivity contribution >= 4 is 40.3 Å². The Morgan fingerprint density at radius 2 is 1.90 bits per heavy atom. The molecule has 0 radical (unpaired) electrons. The number of aromatic nitrogens is 1. The van der Waals surface area contributed by atoms with E-state index in [9.17, 15) is 19.1 Å². The van der Waals surface area contributed by atoms with Gasteiger partial charge in [0, 0.05) is 10.7 Å². The first-order valence-electron chi connectivity index (χ1n) is 9.04. The molecule has 30 heavy (non-hydrogen) atoms. The minimum Gasteiger partial charge on any atom is -0.503 e. The van der Waals surface area contributed by atoms with Crippen molar-refractivity contribution in [2.24, 2.45) is 0 Å². The van der Waals surface area contributed by atoms with Gasteiger partial charge in [0.15, 0.2) is 5.76 Å². The van der Waals surface area contributed by atoms with Crippen molar-refractivity contribution < 1.29 is 19.1 Å². The molecule has 2 aromatic carbocycles. The van der Waals surface area contributed by atoms with Gasteiger partial charge in [0.05, 0.1) is 27.2 Å². The lowest BCUT2D eigenvalue weighted by atomic mass is 9.95. The van der Waals surface area contributed by atoms with Crippen LogP contribution in [0.5, 0.6) is 0 Å². The summed E-state index contributed by atoms with van der Waals surface area (Å²) in [6, 6.07) is 11.1. The SMILES string of the molecule is Cc1nc(C)c(C(=O)C2=C(O)C(=O)N(c3cccc(F)c3)C2c2ccc(Cl)cc2)s1. The Hall–Kier alpha value is -3.03. The third-order valence-corrected chi connectivity index (χ3v) is 6.16. The predicted molar refractivity (Wildman–Crippen MR) is 114 cm³/mol. The number of hydrogen-bond donors (Lipinski definition) is 1. The number of anilines is 1. The van der Waals surface area contributed by atoms with E-state index < -0.39 is 29.3 Å². The first-order chi connectivity index (χ1) is 14.3. The molecule has 3 aromatic rings. The van der Waals surface area contributed by atoms with Gasteiger partial charge in [-0.25, -0.2) is 9.37 Å². The number of carbonyl (C=O) groups excluding carboxylic acids is 2. The second-order valence-electron chi connectivity index (χ2n) is 6.85. The first kappa shape index (κ1) is 20.3. The van der Waals surface area contributed by atoms with E-state index in [1.807, 2.05) is 0 Å². The minimum absolute atomic E-state index is 0.0710. The normalized spacial score (nSPS) is 16.5. The molecule has 1 aliphatic rings. The third-order valence-electron chi connectivity index (χ3n) is 4.83. The van der Waals surface area contributed by atoms with Gasteiger partial charge in [-0.3, -0.25) is 14.5 Å². The summed E-state index contributed by atoms with van der Waals surface area (Å²) in [5.74, 6) is -2.45. The Kier molecular flexibility index (Phi) is 5.17. The quantitative estimate of drug-likeness (QED) is 0.554. The second kappa shape index (κ2) is 7.66.